The molecule has 0 bridgehead atoms. The highest BCUT2D eigenvalue weighted by atomic mass is 32.2. The fourth-order valence-electron chi connectivity index (χ4n) is 5.91. The molecule has 0 N–H and O–H groups in total. The van der Waals surface area contributed by atoms with Crippen LogP contribution >= 0.6 is 23.5 Å². The fraction of sp³-hybridized carbons (Fsp3) is 0.0952. The highest BCUT2D eigenvalue weighted by molar-refractivity contribution is 8.27. The van der Waals surface area contributed by atoms with Gasteiger partial charge in [-0.15, -0.1) is 23.5 Å². The normalized spacial score (nSPS) is 14.9. The molecule has 224 valence electrons. The van der Waals surface area contributed by atoms with Gasteiger partial charge in [0.2, 0.25) is 0 Å². The molecule has 4 heteroatoms. The molecule has 1 saturated heterocycles. The van der Waals surface area contributed by atoms with Crippen LogP contribution < -0.4 is 0 Å². The topological polar surface area (TPSA) is 24.7 Å². The number of aliphatic imine (C=N–C) groups is 2. The minimum Gasteiger partial charge on any atom is -0.238 e. The smallest absolute Gasteiger partial charge is 0.129 e. The zero-order chi connectivity index (χ0) is 31.3. The Bertz CT molecular complexity index is 1760. The van der Waals surface area contributed by atoms with Gasteiger partial charge in [0.05, 0.1) is 11.4 Å². The van der Waals surface area contributed by atoms with Crippen LogP contribution in [0.4, 0.5) is 11.4 Å². The van der Waals surface area contributed by atoms with Crippen molar-refractivity contribution in [2.45, 2.75) is 13.8 Å². The van der Waals surface area contributed by atoms with E-state index in [2.05, 4.69) is 159 Å². The lowest BCUT2D eigenvalue weighted by Crippen LogP contribution is -2.14. The van der Waals surface area contributed by atoms with Crippen molar-refractivity contribution in [2.75, 3.05) is 11.5 Å². The summed E-state index contributed by atoms with van der Waals surface area (Å²) in [5.41, 5.74) is 13.5. The van der Waals surface area contributed by atoms with Crippen molar-refractivity contribution in [1.82, 2.24) is 0 Å². The van der Waals surface area contributed by atoms with Gasteiger partial charge in [-0.1, -0.05) is 121 Å². The van der Waals surface area contributed by atoms with Crippen LogP contribution in [0.25, 0.3) is 44.5 Å². The van der Waals surface area contributed by atoms with Crippen LogP contribution in [0.1, 0.15) is 11.1 Å². The molecule has 0 radical (unpaired) electrons. The minimum atomic E-state index is 0.966. The molecule has 0 aromatic heterocycles. The maximum Gasteiger partial charge on any atom is 0.129 e. The Morgan fingerprint density at radius 3 is 0.913 bits per heavy atom. The first-order chi connectivity index (χ1) is 22.6. The van der Waals surface area contributed by atoms with Crippen molar-refractivity contribution in [3.05, 3.63) is 157 Å². The van der Waals surface area contributed by atoms with Gasteiger partial charge in [-0.3, -0.25) is 0 Å². The monoisotopic (exact) mass is 630 g/mol. The standard InChI is InChI=1S/C42H34N2S2/c1-29-25-35(31-15-7-3-8-16-31)39(36(26-29)32-17-9-4-10-18-32)43-41-42(46-24-23-45-41)44-40-37(33-19-11-5-12-20-33)27-30(2)28-38(40)34-21-13-6-14-22-34/h3-22,25-28H,23-24H2,1-2H3/b43-41-,44-42-. The molecule has 1 heterocycles. The molecule has 0 spiro atoms. The van der Waals surface area contributed by atoms with E-state index in [1.807, 2.05) is 0 Å². The molecule has 1 aliphatic rings. The Labute approximate surface area is 280 Å². The van der Waals surface area contributed by atoms with Crippen LogP contribution in [-0.4, -0.2) is 21.6 Å². The van der Waals surface area contributed by atoms with Gasteiger partial charge in [-0.25, -0.2) is 9.98 Å². The Morgan fingerprint density at radius 2 is 0.652 bits per heavy atom. The lowest BCUT2D eigenvalue weighted by atomic mass is 9.93. The fourth-order valence-corrected chi connectivity index (χ4v) is 7.97. The first-order valence-electron chi connectivity index (χ1n) is 15.6. The molecule has 1 fully saturated rings. The van der Waals surface area contributed by atoms with Gasteiger partial charge in [-0.05, 0) is 71.5 Å². The van der Waals surface area contributed by atoms with E-state index in [0.29, 0.717) is 0 Å². The molecule has 0 atom stereocenters. The van der Waals surface area contributed by atoms with Crippen LogP contribution in [0.15, 0.2) is 156 Å². The average molecular weight is 631 g/mol. The number of hydrogen-bond acceptors (Lipinski definition) is 4. The van der Waals surface area contributed by atoms with E-state index in [4.69, 9.17) is 9.98 Å². The molecule has 0 aliphatic carbocycles. The average Bonchev–Trinajstić information content (AvgIpc) is 3.11. The van der Waals surface area contributed by atoms with Crippen LogP contribution in [0.3, 0.4) is 0 Å². The number of rotatable bonds is 6. The summed E-state index contributed by atoms with van der Waals surface area (Å²) < 4.78 is 0. The number of hydrogen-bond donors (Lipinski definition) is 0. The van der Waals surface area contributed by atoms with Gasteiger partial charge >= 0.3 is 0 Å². The first kappa shape index (κ1) is 30.0. The zero-order valence-corrected chi connectivity index (χ0v) is 27.6. The van der Waals surface area contributed by atoms with E-state index >= 15 is 0 Å². The summed E-state index contributed by atoms with van der Waals surface area (Å²) in [7, 11) is 0. The number of aryl methyl sites for hydroxylation is 2. The molecule has 46 heavy (non-hydrogen) atoms. The van der Waals surface area contributed by atoms with Crippen LogP contribution in [0, 0.1) is 13.8 Å². The molecule has 0 amide bonds. The lowest BCUT2D eigenvalue weighted by molar-refractivity contribution is 1.42. The molecule has 6 aromatic rings. The predicted octanol–water partition coefficient (Wildman–Crippen LogP) is 12.2. The maximum atomic E-state index is 5.54. The van der Waals surface area contributed by atoms with Crippen molar-refractivity contribution >= 4 is 45.0 Å². The van der Waals surface area contributed by atoms with Crippen molar-refractivity contribution in [3.8, 4) is 44.5 Å². The lowest BCUT2D eigenvalue weighted by Gasteiger charge is -2.20. The van der Waals surface area contributed by atoms with E-state index in [9.17, 15) is 0 Å². The van der Waals surface area contributed by atoms with E-state index in [1.165, 1.54) is 11.1 Å². The van der Waals surface area contributed by atoms with E-state index in [1.54, 1.807) is 23.5 Å². The second-order valence-corrected chi connectivity index (χ2v) is 13.6. The van der Waals surface area contributed by atoms with Gasteiger partial charge in [0.25, 0.3) is 0 Å². The van der Waals surface area contributed by atoms with Crippen molar-refractivity contribution < 1.29 is 0 Å². The summed E-state index contributed by atoms with van der Waals surface area (Å²) in [6.07, 6.45) is 0. The van der Waals surface area contributed by atoms with Gasteiger partial charge in [0.1, 0.15) is 10.1 Å². The Morgan fingerprint density at radius 1 is 0.391 bits per heavy atom. The number of nitrogens with zero attached hydrogens (tertiary/aromatic N) is 2. The highest BCUT2D eigenvalue weighted by Gasteiger charge is 2.22. The Kier molecular flexibility index (Phi) is 9.00. The molecule has 6 aromatic carbocycles. The summed E-state index contributed by atoms with van der Waals surface area (Å²) >= 11 is 3.60. The molecular weight excluding hydrogens is 597 g/mol. The third kappa shape index (κ3) is 6.50. The van der Waals surface area contributed by atoms with E-state index in [0.717, 1.165) is 77.5 Å². The second kappa shape index (κ2) is 13.8. The second-order valence-electron chi connectivity index (χ2n) is 11.4. The molecule has 7 rings (SSSR count). The first-order valence-corrected chi connectivity index (χ1v) is 17.6. The van der Waals surface area contributed by atoms with Crippen LogP contribution in [-0.2, 0) is 0 Å². The van der Waals surface area contributed by atoms with Gasteiger partial charge < -0.3 is 0 Å². The molecule has 0 unspecified atom stereocenters. The minimum absolute atomic E-state index is 0.966. The molecule has 0 saturated carbocycles. The summed E-state index contributed by atoms with van der Waals surface area (Å²) in [4.78, 5) is 11.1. The Hall–Kier alpha value is -4.64. The quantitative estimate of drug-likeness (QED) is 0.183. The summed E-state index contributed by atoms with van der Waals surface area (Å²) in [6, 6.07) is 51.5. The SMILES string of the molecule is Cc1cc(-c2ccccc2)c(/N=C2\SCCS\C2=N/c2c(-c3ccccc3)cc(C)cc2-c2ccccc2)c(-c2ccccc2)c1. The number of thioether (sulfide) groups is 2. The van der Waals surface area contributed by atoms with E-state index < -0.39 is 0 Å². The van der Waals surface area contributed by atoms with Crippen molar-refractivity contribution in [1.29, 1.82) is 0 Å². The predicted molar refractivity (Wildman–Crippen MR) is 203 cm³/mol. The maximum absolute atomic E-state index is 5.54. The van der Waals surface area contributed by atoms with E-state index in [-0.39, 0.29) is 0 Å². The number of benzene rings is 6. The third-order valence-electron chi connectivity index (χ3n) is 8.02. The molecule has 1 aliphatic heterocycles. The van der Waals surface area contributed by atoms with Crippen molar-refractivity contribution in [3.63, 3.8) is 0 Å². The van der Waals surface area contributed by atoms with Crippen LogP contribution in [0.2, 0.25) is 0 Å². The largest absolute Gasteiger partial charge is 0.238 e. The summed E-state index contributed by atoms with van der Waals surface area (Å²) in [6.45, 7) is 4.34. The van der Waals surface area contributed by atoms with Crippen molar-refractivity contribution in [2.24, 2.45) is 9.98 Å². The summed E-state index contributed by atoms with van der Waals surface area (Å²) in [5.74, 6) is 1.97. The Balaban J connectivity index is 1.47. The summed E-state index contributed by atoms with van der Waals surface area (Å²) in [5, 5.41) is 1.93. The van der Waals surface area contributed by atoms with Crippen LogP contribution in [0.5, 0.6) is 0 Å². The molecule has 2 nitrogen and oxygen atoms in total. The van der Waals surface area contributed by atoms with Gasteiger partial charge in [-0.2, -0.15) is 0 Å². The molecular formula is C42H34N2S2. The van der Waals surface area contributed by atoms with Gasteiger partial charge in [0.15, 0.2) is 0 Å². The van der Waals surface area contributed by atoms with Gasteiger partial charge in [0, 0.05) is 33.8 Å². The third-order valence-corrected chi connectivity index (χ3v) is 10.3. The highest BCUT2D eigenvalue weighted by Crippen LogP contribution is 2.44. The zero-order valence-electron chi connectivity index (χ0n) is 26.0.